The molecule has 3 N–H and O–H groups in total. The molecule has 5 heteroatoms. The molecule has 1 saturated heterocycles. The van der Waals surface area contributed by atoms with E-state index in [0.29, 0.717) is 12.0 Å². The van der Waals surface area contributed by atoms with Gasteiger partial charge in [0.05, 0.1) is 11.9 Å². The summed E-state index contributed by atoms with van der Waals surface area (Å²) < 4.78 is 0. The highest BCUT2D eigenvalue weighted by molar-refractivity contribution is 7.08. The molecule has 1 aliphatic heterocycles. The lowest BCUT2D eigenvalue weighted by atomic mass is 10.1. The highest BCUT2D eigenvalue weighted by Crippen LogP contribution is 2.28. The van der Waals surface area contributed by atoms with Gasteiger partial charge in [0.2, 0.25) is 0 Å². The van der Waals surface area contributed by atoms with Crippen LogP contribution in [0.5, 0.6) is 0 Å². The Balaban J connectivity index is 1.76. The van der Waals surface area contributed by atoms with Crippen molar-refractivity contribution < 1.29 is 0 Å². The molecule has 0 saturated carbocycles. The fourth-order valence-electron chi connectivity index (χ4n) is 2.92. The number of nitrogens with one attached hydrogen (secondary N) is 1. The van der Waals surface area contributed by atoms with Gasteiger partial charge < -0.3 is 5.73 Å². The highest BCUT2D eigenvalue weighted by Gasteiger charge is 2.28. The summed E-state index contributed by atoms with van der Waals surface area (Å²) in [5.74, 6) is 0.645. The van der Waals surface area contributed by atoms with E-state index in [1.165, 1.54) is 17.5 Å². The van der Waals surface area contributed by atoms with Gasteiger partial charge in [-0.2, -0.15) is 16.4 Å². The maximum Gasteiger partial charge on any atom is 0.0703 e. The standard InChI is InChI=1S/C14H20N4S/c1-10-4-11(5-15)7-18(10)8-13-6-16-17-14(13)12-2-3-19-9-12/h2-3,6,9-11H,4-5,7-8,15H2,1H3,(H,16,17). The van der Waals surface area contributed by atoms with E-state index in [0.717, 1.165) is 25.3 Å². The second-order valence-corrected chi connectivity index (χ2v) is 6.18. The lowest BCUT2D eigenvalue weighted by Crippen LogP contribution is -2.27. The number of likely N-dealkylation sites (tertiary alicyclic amines) is 1. The number of rotatable bonds is 4. The average molecular weight is 276 g/mol. The van der Waals surface area contributed by atoms with Gasteiger partial charge in [0, 0.05) is 35.6 Å². The first kappa shape index (κ1) is 12.8. The minimum Gasteiger partial charge on any atom is -0.330 e. The molecule has 0 radical (unpaired) electrons. The Morgan fingerprint density at radius 2 is 2.47 bits per heavy atom. The van der Waals surface area contributed by atoms with Crippen molar-refractivity contribution in [2.45, 2.75) is 25.9 Å². The molecule has 2 atom stereocenters. The van der Waals surface area contributed by atoms with Gasteiger partial charge in [-0.25, -0.2) is 0 Å². The summed E-state index contributed by atoms with van der Waals surface area (Å²) in [5, 5.41) is 11.6. The van der Waals surface area contributed by atoms with Gasteiger partial charge in [-0.15, -0.1) is 0 Å². The van der Waals surface area contributed by atoms with Crippen molar-refractivity contribution >= 4 is 11.3 Å². The predicted octanol–water partition coefficient (Wildman–Crippen LogP) is 2.31. The molecule has 102 valence electrons. The zero-order valence-corrected chi connectivity index (χ0v) is 12.0. The number of aromatic nitrogens is 2. The van der Waals surface area contributed by atoms with Crippen molar-refractivity contribution in [3.63, 3.8) is 0 Å². The molecule has 2 aromatic heterocycles. The summed E-state index contributed by atoms with van der Waals surface area (Å²) in [6.07, 6.45) is 3.16. The van der Waals surface area contributed by atoms with Crippen LogP contribution in [0.4, 0.5) is 0 Å². The van der Waals surface area contributed by atoms with Crippen LogP contribution in [-0.4, -0.2) is 34.2 Å². The van der Waals surface area contributed by atoms with Gasteiger partial charge in [-0.1, -0.05) is 0 Å². The topological polar surface area (TPSA) is 57.9 Å². The van der Waals surface area contributed by atoms with E-state index in [4.69, 9.17) is 5.73 Å². The number of nitrogens with two attached hydrogens (primary N) is 1. The van der Waals surface area contributed by atoms with Crippen LogP contribution in [0.3, 0.4) is 0 Å². The Morgan fingerprint density at radius 3 is 3.16 bits per heavy atom. The minimum absolute atomic E-state index is 0.610. The summed E-state index contributed by atoms with van der Waals surface area (Å²) >= 11 is 1.72. The van der Waals surface area contributed by atoms with Crippen LogP contribution in [0.1, 0.15) is 18.9 Å². The Labute approximate surface area is 117 Å². The van der Waals surface area contributed by atoms with Gasteiger partial charge in [0.1, 0.15) is 0 Å². The lowest BCUT2D eigenvalue weighted by molar-refractivity contribution is 0.256. The lowest BCUT2D eigenvalue weighted by Gasteiger charge is -2.20. The van der Waals surface area contributed by atoms with Crippen LogP contribution >= 0.6 is 11.3 Å². The first-order chi connectivity index (χ1) is 9.28. The fraction of sp³-hybridized carbons (Fsp3) is 0.500. The van der Waals surface area contributed by atoms with Crippen LogP contribution in [0, 0.1) is 5.92 Å². The molecule has 1 fully saturated rings. The largest absolute Gasteiger partial charge is 0.330 e. The normalized spacial score (nSPS) is 24.1. The zero-order valence-electron chi connectivity index (χ0n) is 11.2. The third kappa shape index (κ3) is 2.59. The average Bonchev–Trinajstić information content (AvgIpc) is 3.11. The first-order valence-electron chi connectivity index (χ1n) is 6.77. The van der Waals surface area contributed by atoms with E-state index in [1.807, 2.05) is 6.20 Å². The molecular formula is C14H20N4S. The van der Waals surface area contributed by atoms with Gasteiger partial charge in [-0.3, -0.25) is 10.00 Å². The molecule has 0 amide bonds. The van der Waals surface area contributed by atoms with Gasteiger partial charge in [0.15, 0.2) is 0 Å². The van der Waals surface area contributed by atoms with Crippen molar-refractivity contribution in [2.75, 3.05) is 13.1 Å². The molecule has 3 heterocycles. The summed E-state index contributed by atoms with van der Waals surface area (Å²) in [6.45, 7) is 5.15. The van der Waals surface area contributed by atoms with Crippen LogP contribution in [0.15, 0.2) is 23.0 Å². The number of nitrogens with zero attached hydrogens (tertiary/aromatic N) is 2. The zero-order chi connectivity index (χ0) is 13.2. The first-order valence-corrected chi connectivity index (χ1v) is 7.71. The Morgan fingerprint density at radius 1 is 1.58 bits per heavy atom. The van der Waals surface area contributed by atoms with Crippen molar-refractivity contribution in [3.8, 4) is 11.3 Å². The molecule has 4 nitrogen and oxygen atoms in total. The second-order valence-electron chi connectivity index (χ2n) is 5.40. The minimum atomic E-state index is 0.610. The molecule has 0 spiro atoms. The molecule has 3 rings (SSSR count). The molecule has 1 aliphatic rings. The maximum absolute atomic E-state index is 5.79. The summed E-state index contributed by atoms with van der Waals surface area (Å²) in [6, 6.07) is 2.75. The van der Waals surface area contributed by atoms with Crippen LogP contribution in [-0.2, 0) is 6.54 Å². The van der Waals surface area contributed by atoms with Crippen LogP contribution in [0.2, 0.25) is 0 Å². The Hall–Kier alpha value is -1.17. The number of H-pyrrole nitrogens is 1. The molecule has 19 heavy (non-hydrogen) atoms. The number of hydrogen-bond donors (Lipinski definition) is 2. The quantitative estimate of drug-likeness (QED) is 0.901. The number of thiophene rings is 1. The van der Waals surface area contributed by atoms with E-state index >= 15 is 0 Å². The van der Waals surface area contributed by atoms with E-state index < -0.39 is 0 Å². The Kier molecular flexibility index (Phi) is 3.68. The van der Waals surface area contributed by atoms with Gasteiger partial charge in [0.25, 0.3) is 0 Å². The maximum atomic E-state index is 5.79. The third-order valence-corrected chi connectivity index (χ3v) is 4.71. The van der Waals surface area contributed by atoms with Crippen LogP contribution < -0.4 is 5.73 Å². The second kappa shape index (κ2) is 5.45. The van der Waals surface area contributed by atoms with Gasteiger partial charge in [-0.05, 0) is 37.3 Å². The Bertz CT molecular complexity index is 519. The predicted molar refractivity (Wildman–Crippen MR) is 78.9 cm³/mol. The van der Waals surface area contributed by atoms with Crippen molar-refractivity contribution in [1.29, 1.82) is 0 Å². The monoisotopic (exact) mass is 276 g/mol. The smallest absolute Gasteiger partial charge is 0.0703 e. The number of aromatic amines is 1. The molecule has 0 bridgehead atoms. The summed E-state index contributed by atoms with van der Waals surface area (Å²) in [5.41, 5.74) is 9.47. The molecule has 0 aliphatic carbocycles. The molecule has 0 aromatic carbocycles. The van der Waals surface area contributed by atoms with E-state index in [1.54, 1.807) is 11.3 Å². The number of hydrogen-bond acceptors (Lipinski definition) is 4. The molecular weight excluding hydrogens is 256 g/mol. The SMILES string of the molecule is CC1CC(CN)CN1Cc1cn[nH]c1-c1ccsc1. The van der Waals surface area contributed by atoms with Crippen molar-refractivity contribution in [2.24, 2.45) is 11.7 Å². The van der Waals surface area contributed by atoms with Crippen molar-refractivity contribution in [1.82, 2.24) is 15.1 Å². The fourth-order valence-corrected chi connectivity index (χ4v) is 3.56. The highest BCUT2D eigenvalue weighted by atomic mass is 32.1. The van der Waals surface area contributed by atoms with Crippen molar-refractivity contribution in [3.05, 3.63) is 28.6 Å². The van der Waals surface area contributed by atoms with Gasteiger partial charge >= 0.3 is 0 Å². The van der Waals surface area contributed by atoms with E-state index in [2.05, 4.69) is 38.8 Å². The summed E-state index contributed by atoms with van der Waals surface area (Å²) in [7, 11) is 0. The van der Waals surface area contributed by atoms with E-state index in [-0.39, 0.29) is 0 Å². The van der Waals surface area contributed by atoms with Crippen LogP contribution in [0.25, 0.3) is 11.3 Å². The van der Waals surface area contributed by atoms with E-state index in [9.17, 15) is 0 Å². The molecule has 2 unspecified atom stereocenters. The third-order valence-electron chi connectivity index (χ3n) is 4.02. The summed E-state index contributed by atoms with van der Waals surface area (Å²) in [4.78, 5) is 2.51. The molecule has 2 aromatic rings.